The van der Waals surface area contributed by atoms with E-state index in [1.165, 1.54) is 16.7 Å². The van der Waals surface area contributed by atoms with Crippen molar-refractivity contribution in [1.29, 1.82) is 0 Å². The number of anilines is 1. The molecule has 1 aromatic heterocycles. The first-order valence-electron chi connectivity index (χ1n) is 15.3. The molecule has 0 aliphatic carbocycles. The molecule has 0 radical (unpaired) electrons. The van der Waals surface area contributed by atoms with Crippen LogP contribution in [0.2, 0.25) is 0 Å². The largest absolute Gasteiger partial charge is 0.488 e. The van der Waals surface area contributed by atoms with E-state index in [-0.39, 0.29) is 6.04 Å². The van der Waals surface area contributed by atoms with Crippen molar-refractivity contribution in [3.05, 3.63) is 88.3 Å². The average Bonchev–Trinajstić information content (AvgIpc) is 3.68. The maximum atomic E-state index is 11.9. The number of pyridine rings is 1. The molecule has 2 saturated heterocycles. The third-order valence-electron chi connectivity index (χ3n) is 8.93. The van der Waals surface area contributed by atoms with Gasteiger partial charge in [0.15, 0.2) is 0 Å². The molecule has 0 saturated carbocycles. The molecule has 3 atom stereocenters. The molecule has 0 bridgehead atoms. The average molecular weight is 588 g/mol. The molecule has 8 heteroatoms. The van der Waals surface area contributed by atoms with E-state index in [0.29, 0.717) is 38.0 Å². The topological polar surface area (TPSA) is 84.4 Å². The van der Waals surface area contributed by atoms with Gasteiger partial charge in [0.25, 0.3) is 0 Å². The van der Waals surface area contributed by atoms with E-state index in [9.17, 15) is 9.90 Å². The highest BCUT2D eigenvalue weighted by Crippen LogP contribution is 2.33. The fourth-order valence-electron chi connectivity index (χ4n) is 6.74. The third kappa shape index (κ3) is 6.87. The minimum absolute atomic E-state index is 0.276. The molecule has 1 aromatic carbocycles. The van der Waals surface area contributed by atoms with E-state index in [4.69, 9.17) is 19.2 Å². The van der Waals surface area contributed by atoms with Crippen LogP contribution in [0.25, 0.3) is 5.57 Å². The van der Waals surface area contributed by atoms with Crippen LogP contribution >= 0.6 is 0 Å². The number of aryl methyl sites for hydroxylation is 1. The molecule has 1 N–H and O–H groups in total. The number of methoxy groups -OCH3 is 1. The predicted molar refractivity (Wildman–Crippen MR) is 169 cm³/mol. The number of fused-ring (bicyclic) bond motifs is 1. The molecule has 2 aromatic rings. The third-order valence-corrected chi connectivity index (χ3v) is 8.93. The zero-order chi connectivity index (χ0) is 30.5. The second-order valence-corrected chi connectivity index (χ2v) is 11.9. The van der Waals surface area contributed by atoms with Crippen molar-refractivity contribution in [3.63, 3.8) is 0 Å². The van der Waals surface area contributed by atoms with Crippen molar-refractivity contribution in [1.82, 2.24) is 9.88 Å². The van der Waals surface area contributed by atoms with Crippen LogP contribution in [0.5, 0.6) is 0 Å². The van der Waals surface area contributed by atoms with Crippen molar-refractivity contribution in [3.8, 4) is 0 Å². The van der Waals surface area contributed by atoms with E-state index in [0.717, 1.165) is 67.4 Å². The Labute approximate surface area is 255 Å². The number of carboxylic acid groups (broad SMARTS) is 1. The quantitative estimate of drug-likeness (QED) is 0.271. The number of nitrogens with zero attached hydrogens (tertiary/aromatic N) is 3. The van der Waals surface area contributed by atoms with Crippen molar-refractivity contribution in [2.24, 2.45) is 5.92 Å². The molecular formula is C35H45N3O5. The number of hydrogen-bond donors (Lipinski definition) is 1. The standard InChI is InChI=1S/C35H45N3O5/c1-6-8-28(31-9-7-10-33(36-31)38-15-12-29(35(39)40)32(38)22-41-5)34(23(2)3)43-20-25-17-24(4)30-19-37(14-11-26(30)18-25)27-13-16-42-21-27/h6-10,17-18,27,29,32H,2,11-16,19-22H2,1,3-5H3,(H,39,40)/b8-6-,34-28-/t27-,29-,32-/m1/s1. The first-order chi connectivity index (χ1) is 20.8. The Morgan fingerprint density at radius 1 is 1.26 bits per heavy atom. The van der Waals surface area contributed by atoms with Gasteiger partial charge in [0, 0.05) is 45.0 Å². The smallest absolute Gasteiger partial charge is 0.308 e. The van der Waals surface area contributed by atoms with Gasteiger partial charge in [0.1, 0.15) is 18.2 Å². The Morgan fingerprint density at radius 3 is 2.79 bits per heavy atom. The lowest BCUT2D eigenvalue weighted by molar-refractivity contribution is -0.142. The Hall–Kier alpha value is -3.46. The molecule has 8 nitrogen and oxygen atoms in total. The summed E-state index contributed by atoms with van der Waals surface area (Å²) in [5.74, 6) is 0.134. The fraction of sp³-hybridized carbons (Fsp3) is 0.486. The van der Waals surface area contributed by atoms with Crippen molar-refractivity contribution in [2.75, 3.05) is 44.9 Å². The molecule has 2 fully saturated rings. The van der Waals surface area contributed by atoms with Gasteiger partial charge in [-0.15, -0.1) is 0 Å². The minimum atomic E-state index is -0.800. The first-order valence-corrected chi connectivity index (χ1v) is 15.3. The zero-order valence-corrected chi connectivity index (χ0v) is 26.0. The van der Waals surface area contributed by atoms with E-state index in [1.54, 1.807) is 7.11 Å². The molecule has 230 valence electrons. The summed E-state index contributed by atoms with van der Waals surface area (Å²) >= 11 is 0. The number of hydrogen-bond acceptors (Lipinski definition) is 7. The highest BCUT2D eigenvalue weighted by molar-refractivity contribution is 5.77. The molecule has 0 amide bonds. The van der Waals surface area contributed by atoms with E-state index in [1.807, 2.05) is 44.2 Å². The summed E-state index contributed by atoms with van der Waals surface area (Å²) in [6.45, 7) is 15.5. The van der Waals surface area contributed by atoms with Gasteiger partial charge < -0.3 is 24.2 Å². The van der Waals surface area contributed by atoms with Crippen LogP contribution in [0.3, 0.4) is 0 Å². The SMILES string of the molecule is C=C(C)/C(OCc1cc(C)c2c(c1)CCN([C@@H]1CCOC1)C2)=C(\C=C/C)c1cccc(N2CC[C@@H](C(=O)O)[C@H]2COC)n1. The molecule has 0 spiro atoms. The van der Waals surface area contributed by atoms with Crippen LogP contribution in [0.15, 0.2) is 60.4 Å². The van der Waals surface area contributed by atoms with Gasteiger partial charge in [-0.25, -0.2) is 4.98 Å². The summed E-state index contributed by atoms with van der Waals surface area (Å²) in [6.07, 6.45) is 6.70. The van der Waals surface area contributed by atoms with Crippen molar-refractivity contribution in [2.45, 2.75) is 65.3 Å². The van der Waals surface area contributed by atoms with E-state index in [2.05, 4.69) is 35.4 Å². The zero-order valence-electron chi connectivity index (χ0n) is 26.0. The van der Waals surface area contributed by atoms with Crippen LogP contribution in [0.1, 0.15) is 54.6 Å². The Balaban J connectivity index is 1.39. The lowest BCUT2D eigenvalue weighted by atomic mass is 9.92. The maximum absolute atomic E-state index is 11.9. The second kappa shape index (κ2) is 13.9. The van der Waals surface area contributed by atoms with Crippen LogP contribution < -0.4 is 4.90 Å². The highest BCUT2D eigenvalue weighted by atomic mass is 16.5. The summed E-state index contributed by atoms with van der Waals surface area (Å²) < 4.78 is 17.6. The Morgan fingerprint density at radius 2 is 2.09 bits per heavy atom. The summed E-state index contributed by atoms with van der Waals surface area (Å²) in [5.41, 5.74) is 7.71. The lowest BCUT2D eigenvalue weighted by Crippen LogP contribution is -2.39. The van der Waals surface area contributed by atoms with Gasteiger partial charge in [0.05, 0.1) is 30.9 Å². The monoisotopic (exact) mass is 587 g/mol. The molecule has 4 heterocycles. The van der Waals surface area contributed by atoms with Crippen molar-refractivity contribution < 1.29 is 24.1 Å². The summed E-state index contributed by atoms with van der Waals surface area (Å²) in [4.78, 5) is 21.5. The molecule has 43 heavy (non-hydrogen) atoms. The fourth-order valence-corrected chi connectivity index (χ4v) is 6.74. The number of aliphatic carboxylic acids is 1. The Bertz CT molecular complexity index is 1390. The van der Waals surface area contributed by atoms with E-state index < -0.39 is 11.9 Å². The molecular weight excluding hydrogens is 542 g/mol. The number of ether oxygens (including phenoxy) is 3. The Kier molecular flexibility index (Phi) is 10.0. The van der Waals surface area contributed by atoms with Gasteiger partial charge >= 0.3 is 5.97 Å². The number of aromatic nitrogens is 1. The summed E-state index contributed by atoms with van der Waals surface area (Å²) in [5, 5.41) is 9.76. The van der Waals surface area contributed by atoms with Crippen LogP contribution in [0.4, 0.5) is 5.82 Å². The van der Waals surface area contributed by atoms with Gasteiger partial charge in [-0.1, -0.05) is 36.9 Å². The first kappa shape index (κ1) is 31.0. The minimum Gasteiger partial charge on any atom is -0.488 e. The second-order valence-electron chi connectivity index (χ2n) is 11.9. The lowest BCUT2D eigenvalue weighted by Gasteiger charge is -2.34. The highest BCUT2D eigenvalue weighted by Gasteiger charge is 2.39. The van der Waals surface area contributed by atoms with Gasteiger partial charge in [0.2, 0.25) is 0 Å². The normalized spacial score (nSPS) is 23.0. The molecule has 3 aliphatic heterocycles. The number of allylic oxidation sites excluding steroid dienone is 4. The van der Waals surface area contributed by atoms with Crippen LogP contribution in [-0.2, 0) is 38.6 Å². The van der Waals surface area contributed by atoms with Gasteiger partial charge in [-0.05, 0) is 80.0 Å². The number of benzene rings is 1. The number of carboxylic acids is 1. The van der Waals surface area contributed by atoms with Gasteiger partial charge in [-0.2, -0.15) is 0 Å². The summed E-state index contributed by atoms with van der Waals surface area (Å²) in [6, 6.07) is 10.7. The van der Waals surface area contributed by atoms with Crippen molar-refractivity contribution >= 4 is 17.4 Å². The van der Waals surface area contributed by atoms with Gasteiger partial charge in [-0.3, -0.25) is 9.69 Å². The summed E-state index contributed by atoms with van der Waals surface area (Å²) in [7, 11) is 1.60. The number of rotatable bonds is 11. The van der Waals surface area contributed by atoms with Crippen LogP contribution in [0, 0.1) is 12.8 Å². The molecule has 3 aliphatic rings. The molecule has 5 rings (SSSR count). The van der Waals surface area contributed by atoms with E-state index >= 15 is 0 Å². The number of carbonyl (C=O) groups is 1. The van der Waals surface area contributed by atoms with Crippen LogP contribution in [-0.4, -0.2) is 73.1 Å². The maximum Gasteiger partial charge on any atom is 0.308 e. The predicted octanol–water partition coefficient (Wildman–Crippen LogP) is 5.54. The molecule has 0 unspecified atom stereocenters.